The maximum Gasteiger partial charge on any atom is 0.294 e. The van der Waals surface area contributed by atoms with Crippen LogP contribution in [0, 0.1) is 17.0 Å². The van der Waals surface area contributed by atoms with Crippen LogP contribution in [-0.4, -0.2) is 20.4 Å². The Morgan fingerprint density at radius 1 is 1.27 bits per heavy atom. The van der Waals surface area contributed by atoms with E-state index in [4.69, 9.17) is 0 Å². The van der Waals surface area contributed by atoms with Crippen LogP contribution >= 0.6 is 0 Å². The van der Waals surface area contributed by atoms with Gasteiger partial charge in [-0.05, 0) is 37.1 Å². The highest BCUT2D eigenvalue weighted by Gasteiger charge is 2.20. The van der Waals surface area contributed by atoms with Crippen molar-refractivity contribution in [3.05, 3.63) is 88.0 Å². The smallest absolute Gasteiger partial charge is 0.294 e. The summed E-state index contributed by atoms with van der Waals surface area (Å²) >= 11 is 0. The Kier molecular flexibility index (Phi) is 4.79. The highest BCUT2D eigenvalue weighted by atomic mass is 16.6. The van der Waals surface area contributed by atoms with Gasteiger partial charge in [-0.1, -0.05) is 24.3 Å². The minimum atomic E-state index is -0.503. The third-order valence-corrected chi connectivity index (χ3v) is 4.22. The molecule has 0 saturated carbocycles. The number of nitro groups is 1. The molecule has 0 aliphatic heterocycles. The molecule has 1 N–H and O–H groups in total. The van der Waals surface area contributed by atoms with Crippen molar-refractivity contribution in [2.75, 3.05) is 0 Å². The number of nitro benzene ring substituents is 1. The molecule has 132 valence electrons. The number of benzene rings is 2. The Balaban J connectivity index is 1.87. The molecule has 3 rings (SSSR count). The largest absolute Gasteiger partial charge is 0.346 e. The van der Waals surface area contributed by atoms with Gasteiger partial charge in [-0.3, -0.25) is 14.9 Å². The van der Waals surface area contributed by atoms with Gasteiger partial charge >= 0.3 is 0 Å². The first kappa shape index (κ1) is 17.3. The average Bonchev–Trinajstić information content (AvgIpc) is 3.15. The van der Waals surface area contributed by atoms with Crippen molar-refractivity contribution in [2.24, 2.45) is 0 Å². The third-order valence-electron chi connectivity index (χ3n) is 4.22. The molecule has 1 amide bonds. The van der Waals surface area contributed by atoms with Gasteiger partial charge in [-0.15, -0.1) is 0 Å². The topological polar surface area (TPSA) is 90.1 Å². The number of hydrogen-bond acceptors (Lipinski definition) is 4. The summed E-state index contributed by atoms with van der Waals surface area (Å²) in [5.74, 6) is -0.360. The summed E-state index contributed by atoms with van der Waals surface area (Å²) in [5.41, 5.74) is 2.52. The second-order valence-electron chi connectivity index (χ2n) is 5.98. The zero-order chi connectivity index (χ0) is 18.7. The van der Waals surface area contributed by atoms with E-state index in [1.807, 2.05) is 38.1 Å². The van der Waals surface area contributed by atoms with Crippen molar-refractivity contribution >= 4 is 11.6 Å². The third kappa shape index (κ3) is 3.46. The molecule has 1 unspecified atom stereocenters. The van der Waals surface area contributed by atoms with E-state index in [0.717, 1.165) is 11.1 Å². The molecule has 0 aliphatic rings. The van der Waals surface area contributed by atoms with Crippen LogP contribution in [0.5, 0.6) is 0 Å². The molecule has 0 spiro atoms. The molecule has 7 nitrogen and oxygen atoms in total. The van der Waals surface area contributed by atoms with Crippen LogP contribution in [0.4, 0.5) is 5.69 Å². The molecule has 0 bridgehead atoms. The molecular weight excluding hydrogens is 332 g/mol. The summed E-state index contributed by atoms with van der Waals surface area (Å²) < 4.78 is 1.54. The van der Waals surface area contributed by atoms with Gasteiger partial charge in [0.2, 0.25) is 0 Å². The number of amides is 1. The molecule has 1 atom stereocenters. The quantitative estimate of drug-likeness (QED) is 0.562. The zero-order valence-corrected chi connectivity index (χ0v) is 14.4. The standard InChI is InChI=1S/C19H18N4O3/c1-13-5-3-4-6-16(13)14(2)21-19(24)15-7-8-17(18(11-15)23(25)26)22-10-9-20-12-22/h3-12,14H,1-2H3,(H,21,24). The number of aromatic nitrogens is 2. The Hall–Kier alpha value is -3.48. The van der Waals surface area contributed by atoms with Crippen molar-refractivity contribution in [1.82, 2.24) is 14.9 Å². The monoisotopic (exact) mass is 350 g/mol. The first-order valence-electron chi connectivity index (χ1n) is 8.10. The van der Waals surface area contributed by atoms with Gasteiger partial charge in [0.25, 0.3) is 11.6 Å². The zero-order valence-electron chi connectivity index (χ0n) is 14.4. The normalized spacial score (nSPS) is 11.8. The van der Waals surface area contributed by atoms with Gasteiger partial charge in [-0.25, -0.2) is 4.98 Å². The Morgan fingerprint density at radius 2 is 2.04 bits per heavy atom. The lowest BCUT2D eigenvalue weighted by Gasteiger charge is -2.16. The predicted octanol–water partition coefficient (Wildman–Crippen LogP) is 3.58. The number of nitrogens with one attached hydrogen (secondary N) is 1. The van der Waals surface area contributed by atoms with Gasteiger partial charge < -0.3 is 9.88 Å². The number of carbonyl (C=O) groups excluding carboxylic acids is 1. The molecule has 1 aromatic heterocycles. The lowest BCUT2D eigenvalue weighted by atomic mass is 10.0. The van der Waals surface area contributed by atoms with Crippen LogP contribution in [0.3, 0.4) is 0 Å². The number of nitrogens with zero attached hydrogens (tertiary/aromatic N) is 3. The van der Waals surface area contributed by atoms with Crippen molar-refractivity contribution < 1.29 is 9.72 Å². The summed E-state index contributed by atoms with van der Waals surface area (Å²) in [7, 11) is 0. The van der Waals surface area contributed by atoms with Gasteiger partial charge in [0.1, 0.15) is 5.69 Å². The van der Waals surface area contributed by atoms with E-state index < -0.39 is 4.92 Å². The van der Waals surface area contributed by atoms with E-state index in [0.29, 0.717) is 5.69 Å². The average molecular weight is 350 g/mol. The van der Waals surface area contributed by atoms with Crippen LogP contribution in [0.2, 0.25) is 0 Å². The number of hydrogen-bond donors (Lipinski definition) is 1. The predicted molar refractivity (Wildman–Crippen MR) is 97.3 cm³/mol. The molecule has 2 aromatic carbocycles. The van der Waals surface area contributed by atoms with Gasteiger partial charge in [0.15, 0.2) is 0 Å². The summed E-state index contributed by atoms with van der Waals surface area (Å²) in [4.78, 5) is 27.4. The number of carbonyl (C=O) groups is 1. The maximum absolute atomic E-state index is 12.6. The first-order valence-corrected chi connectivity index (χ1v) is 8.10. The second kappa shape index (κ2) is 7.18. The fraction of sp³-hybridized carbons (Fsp3) is 0.158. The van der Waals surface area contributed by atoms with Crippen molar-refractivity contribution in [3.63, 3.8) is 0 Å². The second-order valence-corrected chi connectivity index (χ2v) is 5.98. The fourth-order valence-electron chi connectivity index (χ4n) is 2.86. The van der Waals surface area contributed by atoms with Crippen molar-refractivity contribution in [2.45, 2.75) is 19.9 Å². The molecule has 3 aromatic rings. The molecule has 1 heterocycles. The number of rotatable bonds is 5. The minimum Gasteiger partial charge on any atom is -0.346 e. The van der Waals surface area contributed by atoms with Crippen LogP contribution in [0.25, 0.3) is 5.69 Å². The molecule has 7 heteroatoms. The van der Waals surface area contributed by atoms with E-state index in [2.05, 4.69) is 10.3 Å². The minimum absolute atomic E-state index is 0.154. The summed E-state index contributed by atoms with van der Waals surface area (Å²) in [5, 5.41) is 14.3. The van der Waals surface area contributed by atoms with E-state index in [-0.39, 0.29) is 23.2 Å². The van der Waals surface area contributed by atoms with Crippen molar-refractivity contribution in [1.29, 1.82) is 0 Å². The number of imidazole rings is 1. The summed E-state index contributed by atoms with van der Waals surface area (Å²) in [6.07, 6.45) is 4.62. The maximum atomic E-state index is 12.6. The highest BCUT2D eigenvalue weighted by Crippen LogP contribution is 2.25. The lowest BCUT2D eigenvalue weighted by molar-refractivity contribution is -0.384. The molecule has 0 saturated heterocycles. The molecule has 0 fully saturated rings. The molecule has 0 radical (unpaired) electrons. The Labute approximate surface area is 150 Å². The van der Waals surface area contributed by atoms with E-state index in [1.165, 1.54) is 23.2 Å². The van der Waals surface area contributed by atoms with Crippen LogP contribution in [0.1, 0.15) is 34.5 Å². The van der Waals surface area contributed by atoms with Gasteiger partial charge in [0.05, 0.1) is 17.3 Å². The molecule has 26 heavy (non-hydrogen) atoms. The Bertz CT molecular complexity index is 951. The summed E-state index contributed by atoms with van der Waals surface area (Å²) in [6.45, 7) is 3.86. The van der Waals surface area contributed by atoms with Crippen LogP contribution in [0.15, 0.2) is 61.2 Å². The van der Waals surface area contributed by atoms with E-state index in [9.17, 15) is 14.9 Å². The van der Waals surface area contributed by atoms with Crippen LogP contribution < -0.4 is 5.32 Å². The lowest BCUT2D eigenvalue weighted by Crippen LogP contribution is -2.27. The SMILES string of the molecule is Cc1ccccc1C(C)NC(=O)c1ccc(-n2ccnc2)c([N+](=O)[O-])c1. The van der Waals surface area contributed by atoms with Crippen LogP contribution in [-0.2, 0) is 0 Å². The van der Waals surface area contributed by atoms with E-state index >= 15 is 0 Å². The molecule has 0 aliphatic carbocycles. The summed E-state index contributed by atoms with van der Waals surface area (Å²) in [6, 6.07) is 12.0. The van der Waals surface area contributed by atoms with Gasteiger partial charge in [0, 0.05) is 24.0 Å². The van der Waals surface area contributed by atoms with Gasteiger partial charge in [-0.2, -0.15) is 0 Å². The Morgan fingerprint density at radius 3 is 2.69 bits per heavy atom. The number of aryl methyl sites for hydroxylation is 1. The highest BCUT2D eigenvalue weighted by molar-refractivity contribution is 5.95. The van der Waals surface area contributed by atoms with Crippen molar-refractivity contribution in [3.8, 4) is 5.69 Å². The van der Waals surface area contributed by atoms with E-state index in [1.54, 1.807) is 18.3 Å². The first-order chi connectivity index (χ1) is 12.5. The molecular formula is C19H18N4O3. The fourth-order valence-corrected chi connectivity index (χ4v) is 2.86.